The van der Waals surface area contributed by atoms with E-state index in [-0.39, 0.29) is 5.41 Å². The number of rotatable bonds is 5. The molecule has 2 atom stereocenters. The van der Waals surface area contributed by atoms with Crippen LogP contribution in [0.5, 0.6) is 0 Å². The zero-order valence-electron chi connectivity index (χ0n) is 12.2. The van der Waals surface area contributed by atoms with Crippen molar-refractivity contribution in [2.45, 2.75) is 46.1 Å². The average Bonchev–Trinajstić information content (AvgIpc) is 2.74. The largest absolute Gasteiger partial charge is 0.303 e. The van der Waals surface area contributed by atoms with E-state index in [0.717, 1.165) is 36.6 Å². The number of hydrogen-bond acceptors (Lipinski definition) is 4. The monoisotopic (exact) mass is 280 g/mol. The fraction of sp³-hybridized carbons (Fsp3) is 0.733. The number of thiazole rings is 1. The molecule has 1 aromatic heterocycles. The van der Waals surface area contributed by atoms with Gasteiger partial charge in [0.2, 0.25) is 0 Å². The van der Waals surface area contributed by atoms with Gasteiger partial charge in [0.05, 0.1) is 10.7 Å². The quantitative estimate of drug-likeness (QED) is 0.776. The maximum atomic E-state index is 11.6. The Morgan fingerprint density at radius 3 is 3.00 bits per heavy atom. The van der Waals surface area contributed by atoms with Crippen molar-refractivity contribution in [1.82, 2.24) is 9.88 Å². The molecule has 1 aliphatic carbocycles. The molecule has 1 heterocycles. The zero-order valence-corrected chi connectivity index (χ0v) is 13.0. The van der Waals surface area contributed by atoms with Crippen LogP contribution in [-0.2, 0) is 11.3 Å². The van der Waals surface area contributed by atoms with Crippen LogP contribution >= 0.6 is 11.3 Å². The molecule has 2 rings (SSSR count). The van der Waals surface area contributed by atoms with Gasteiger partial charge in [-0.25, -0.2) is 4.98 Å². The maximum absolute atomic E-state index is 11.6. The van der Waals surface area contributed by atoms with Crippen molar-refractivity contribution in [2.75, 3.05) is 13.6 Å². The number of aryl methyl sites for hydroxylation is 1. The Morgan fingerprint density at radius 2 is 2.42 bits per heavy atom. The van der Waals surface area contributed by atoms with Crippen molar-refractivity contribution in [3.05, 3.63) is 16.1 Å². The summed E-state index contributed by atoms with van der Waals surface area (Å²) >= 11 is 1.69. The Bertz CT molecular complexity index is 432. The molecule has 0 radical (unpaired) electrons. The lowest BCUT2D eigenvalue weighted by Gasteiger charge is -2.38. The molecule has 1 aliphatic rings. The van der Waals surface area contributed by atoms with E-state index in [1.54, 1.807) is 11.3 Å². The lowest BCUT2D eigenvalue weighted by Crippen LogP contribution is -2.40. The fourth-order valence-electron chi connectivity index (χ4n) is 3.34. The van der Waals surface area contributed by atoms with Crippen molar-refractivity contribution in [3.63, 3.8) is 0 Å². The summed E-state index contributed by atoms with van der Waals surface area (Å²) in [5.41, 5.74) is 0.993. The van der Waals surface area contributed by atoms with Gasteiger partial charge in [0.15, 0.2) is 0 Å². The molecule has 0 amide bonds. The molecule has 0 aliphatic heterocycles. The molecule has 1 fully saturated rings. The van der Waals surface area contributed by atoms with Crippen LogP contribution in [0.25, 0.3) is 0 Å². The molecular formula is C15H24N2OS. The molecule has 106 valence electrons. The minimum atomic E-state index is -0.127. The lowest BCUT2D eigenvalue weighted by molar-refractivity contribution is -0.119. The van der Waals surface area contributed by atoms with Crippen LogP contribution in [0.15, 0.2) is 5.38 Å². The molecule has 0 N–H and O–H groups in total. The first kappa shape index (κ1) is 14.7. The molecule has 3 nitrogen and oxygen atoms in total. The van der Waals surface area contributed by atoms with Crippen LogP contribution in [0.4, 0.5) is 0 Å². The van der Waals surface area contributed by atoms with Gasteiger partial charge in [-0.05, 0) is 32.7 Å². The molecule has 19 heavy (non-hydrogen) atoms. The second kappa shape index (κ2) is 6.14. The predicted octanol–water partition coefficient (Wildman–Crippen LogP) is 3.28. The van der Waals surface area contributed by atoms with Crippen LogP contribution < -0.4 is 0 Å². The summed E-state index contributed by atoms with van der Waals surface area (Å²) < 4.78 is 0. The average molecular weight is 280 g/mol. The van der Waals surface area contributed by atoms with Crippen molar-refractivity contribution < 1.29 is 4.79 Å². The van der Waals surface area contributed by atoms with Gasteiger partial charge in [0.1, 0.15) is 6.29 Å². The smallest absolute Gasteiger partial charge is 0.127 e. The van der Waals surface area contributed by atoms with Crippen LogP contribution in [0, 0.1) is 18.3 Å². The van der Waals surface area contributed by atoms with E-state index in [0.29, 0.717) is 5.92 Å². The van der Waals surface area contributed by atoms with Gasteiger partial charge in [-0.15, -0.1) is 11.3 Å². The van der Waals surface area contributed by atoms with Gasteiger partial charge >= 0.3 is 0 Å². The Balaban J connectivity index is 1.95. The molecule has 0 spiro atoms. The van der Waals surface area contributed by atoms with Crippen molar-refractivity contribution >= 4 is 17.6 Å². The summed E-state index contributed by atoms with van der Waals surface area (Å²) in [6.07, 6.45) is 5.75. The summed E-state index contributed by atoms with van der Waals surface area (Å²) in [6.45, 7) is 6.00. The molecule has 0 bridgehead atoms. The van der Waals surface area contributed by atoms with E-state index >= 15 is 0 Å². The van der Waals surface area contributed by atoms with Gasteiger partial charge in [0, 0.05) is 23.9 Å². The van der Waals surface area contributed by atoms with Gasteiger partial charge in [0.25, 0.3) is 0 Å². The third-order valence-electron chi connectivity index (χ3n) is 4.06. The molecule has 1 aromatic rings. The number of nitrogens with zero attached hydrogens (tertiary/aromatic N) is 2. The molecular weight excluding hydrogens is 256 g/mol. The van der Waals surface area contributed by atoms with Gasteiger partial charge < -0.3 is 4.79 Å². The highest BCUT2D eigenvalue weighted by Crippen LogP contribution is 2.38. The van der Waals surface area contributed by atoms with Crippen molar-refractivity contribution in [3.8, 4) is 0 Å². The summed E-state index contributed by atoms with van der Waals surface area (Å²) in [4.78, 5) is 18.3. The number of hydrogen-bond donors (Lipinski definition) is 0. The first-order valence-corrected chi connectivity index (χ1v) is 7.97. The highest BCUT2D eigenvalue weighted by atomic mass is 32.1. The molecule has 1 saturated carbocycles. The van der Waals surface area contributed by atoms with Gasteiger partial charge in [-0.3, -0.25) is 4.90 Å². The lowest BCUT2D eigenvalue weighted by atomic mass is 9.71. The van der Waals surface area contributed by atoms with Gasteiger partial charge in [-0.2, -0.15) is 0 Å². The minimum absolute atomic E-state index is 0.127. The van der Waals surface area contributed by atoms with E-state index in [4.69, 9.17) is 0 Å². The van der Waals surface area contributed by atoms with Crippen molar-refractivity contribution in [1.29, 1.82) is 0 Å². The second-order valence-corrected chi connectivity index (χ2v) is 7.27. The molecule has 2 unspecified atom stereocenters. The Morgan fingerprint density at radius 1 is 1.63 bits per heavy atom. The van der Waals surface area contributed by atoms with E-state index < -0.39 is 0 Å². The van der Waals surface area contributed by atoms with Crippen LogP contribution in [-0.4, -0.2) is 29.8 Å². The Hall–Kier alpha value is -0.740. The number of carbonyl (C=O) groups is 1. The summed E-state index contributed by atoms with van der Waals surface area (Å²) in [5.74, 6) is 0.675. The van der Waals surface area contributed by atoms with Crippen LogP contribution in [0.2, 0.25) is 0 Å². The third-order valence-corrected chi connectivity index (χ3v) is 4.88. The number of aldehydes is 1. The fourth-order valence-corrected chi connectivity index (χ4v) is 3.94. The van der Waals surface area contributed by atoms with E-state index in [1.807, 2.05) is 6.92 Å². The predicted molar refractivity (Wildman–Crippen MR) is 79.3 cm³/mol. The zero-order chi connectivity index (χ0) is 13.9. The Labute approximate surface area is 120 Å². The van der Waals surface area contributed by atoms with Gasteiger partial charge in [-0.1, -0.05) is 19.8 Å². The van der Waals surface area contributed by atoms with E-state index in [2.05, 4.69) is 29.2 Å². The minimum Gasteiger partial charge on any atom is -0.303 e. The summed E-state index contributed by atoms with van der Waals surface area (Å²) in [7, 11) is 2.10. The third kappa shape index (κ3) is 3.86. The number of carbonyl (C=O) groups excluding carboxylic acids is 1. The molecule has 0 saturated heterocycles. The molecule has 4 heteroatoms. The highest BCUT2D eigenvalue weighted by molar-refractivity contribution is 7.09. The first-order chi connectivity index (χ1) is 9.03. The van der Waals surface area contributed by atoms with Crippen molar-refractivity contribution in [2.24, 2.45) is 11.3 Å². The highest BCUT2D eigenvalue weighted by Gasteiger charge is 2.35. The van der Waals surface area contributed by atoms with E-state index in [9.17, 15) is 4.79 Å². The Kier molecular flexibility index (Phi) is 4.74. The SMILES string of the molecule is Cc1nc(CN(C)CC2(C=O)CCCC(C)C2)cs1. The van der Waals surface area contributed by atoms with Crippen LogP contribution in [0.3, 0.4) is 0 Å². The topological polar surface area (TPSA) is 33.2 Å². The second-order valence-electron chi connectivity index (χ2n) is 6.21. The van der Waals surface area contributed by atoms with E-state index in [1.165, 1.54) is 19.1 Å². The summed E-state index contributed by atoms with van der Waals surface area (Å²) in [5, 5.41) is 3.22. The normalized spacial score (nSPS) is 27.7. The number of aromatic nitrogens is 1. The first-order valence-electron chi connectivity index (χ1n) is 7.09. The molecule has 0 aromatic carbocycles. The summed E-state index contributed by atoms with van der Waals surface area (Å²) in [6, 6.07) is 0. The standard InChI is InChI=1S/C15H24N2OS/c1-12-5-4-6-15(7-12,11-18)10-17(3)8-14-9-19-13(2)16-14/h9,11-12H,4-8,10H2,1-3H3. The van der Waals surface area contributed by atoms with Crippen LogP contribution in [0.1, 0.15) is 43.3 Å². The maximum Gasteiger partial charge on any atom is 0.127 e.